The van der Waals surface area contributed by atoms with Crippen molar-refractivity contribution < 1.29 is 0 Å². The fraction of sp³-hybridized carbons (Fsp3) is 1.00. The molecule has 3 heteroatoms. The molecule has 1 atom stereocenters. The molecule has 0 aromatic carbocycles. The van der Waals surface area contributed by atoms with Gasteiger partial charge < -0.3 is 5.73 Å². The lowest BCUT2D eigenvalue weighted by atomic mass is 10.7. The van der Waals surface area contributed by atoms with Gasteiger partial charge in [-0.3, -0.25) is 10.6 Å². The van der Waals surface area contributed by atoms with Crippen LogP contribution in [0.2, 0.25) is 0 Å². The molecule has 0 fully saturated rings. The zero-order valence-corrected chi connectivity index (χ0v) is 4.86. The van der Waals surface area contributed by atoms with Crippen molar-refractivity contribution in [2.24, 2.45) is 5.73 Å². The summed E-state index contributed by atoms with van der Waals surface area (Å²) < 4.78 is 0. The molecule has 0 aliphatic rings. The van der Waals surface area contributed by atoms with Gasteiger partial charge in [0.25, 0.3) is 0 Å². The first-order valence-electron chi connectivity index (χ1n) is 2.47. The van der Waals surface area contributed by atoms with E-state index in [1.54, 1.807) is 0 Å². The second-order valence-corrected chi connectivity index (χ2v) is 1.32. The third-order valence-electron chi connectivity index (χ3n) is 0.735. The Hall–Kier alpha value is -0.120. The van der Waals surface area contributed by atoms with E-state index in [2.05, 4.69) is 10.6 Å². The molecule has 0 aromatic heterocycles. The van der Waals surface area contributed by atoms with Gasteiger partial charge in [-0.05, 0) is 13.6 Å². The second-order valence-electron chi connectivity index (χ2n) is 1.32. The quantitative estimate of drug-likeness (QED) is 0.404. The zero-order chi connectivity index (χ0) is 5.70. The van der Waals surface area contributed by atoms with Gasteiger partial charge >= 0.3 is 0 Å². The summed E-state index contributed by atoms with van der Waals surface area (Å²) in [7, 11) is 1.81. The predicted octanol–water partition coefficient (Wildman–Crippen LogP) is -0.942. The van der Waals surface area contributed by atoms with Crippen LogP contribution in [-0.4, -0.2) is 19.9 Å². The van der Waals surface area contributed by atoms with Crippen LogP contribution < -0.4 is 16.4 Å². The summed E-state index contributed by atoms with van der Waals surface area (Å²) in [5, 5.41) is 5.79. The first-order chi connectivity index (χ1) is 3.31. The Morgan fingerprint density at radius 1 is 1.71 bits per heavy atom. The Labute approximate surface area is 44.3 Å². The fourth-order valence-corrected chi connectivity index (χ4v) is 0.322. The molecule has 0 spiro atoms. The van der Waals surface area contributed by atoms with Gasteiger partial charge in [0.2, 0.25) is 0 Å². The molecule has 0 aliphatic heterocycles. The van der Waals surface area contributed by atoms with E-state index in [0.29, 0.717) is 0 Å². The second kappa shape index (κ2) is 4.05. The topological polar surface area (TPSA) is 50.1 Å². The predicted molar refractivity (Wildman–Crippen MR) is 30.7 cm³/mol. The van der Waals surface area contributed by atoms with Crippen LogP contribution in [0.25, 0.3) is 0 Å². The molecule has 4 N–H and O–H groups in total. The van der Waals surface area contributed by atoms with Crippen molar-refractivity contribution in [2.45, 2.75) is 13.2 Å². The van der Waals surface area contributed by atoms with E-state index >= 15 is 0 Å². The van der Waals surface area contributed by atoms with E-state index in [9.17, 15) is 0 Å². The van der Waals surface area contributed by atoms with Gasteiger partial charge in [0, 0.05) is 0 Å². The van der Waals surface area contributed by atoms with Gasteiger partial charge in [-0.15, -0.1) is 0 Å². The van der Waals surface area contributed by atoms with Crippen molar-refractivity contribution >= 4 is 0 Å². The molecule has 0 aromatic rings. The van der Waals surface area contributed by atoms with Crippen molar-refractivity contribution in [2.75, 3.05) is 13.6 Å². The summed E-state index contributed by atoms with van der Waals surface area (Å²) in [5.74, 6) is 0. The highest BCUT2D eigenvalue weighted by molar-refractivity contribution is 4.46. The third-order valence-corrected chi connectivity index (χ3v) is 0.735. The zero-order valence-electron chi connectivity index (χ0n) is 4.86. The Kier molecular flexibility index (Phi) is 3.98. The number of nitrogens with one attached hydrogen (secondary N) is 2. The van der Waals surface area contributed by atoms with Crippen LogP contribution in [0.4, 0.5) is 0 Å². The molecule has 0 amide bonds. The van der Waals surface area contributed by atoms with Crippen LogP contribution in [0.1, 0.15) is 6.92 Å². The molecule has 0 saturated carbocycles. The van der Waals surface area contributed by atoms with E-state index in [-0.39, 0.29) is 6.29 Å². The normalized spacial score (nSPS) is 14.1. The Bertz CT molecular complexity index is 37.9. The smallest absolute Gasteiger partial charge is 0.109 e. The molecule has 1 unspecified atom stereocenters. The molecule has 0 heterocycles. The van der Waals surface area contributed by atoms with E-state index in [4.69, 9.17) is 5.73 Å². The molecule has 0 bridgehead atoms. The van der Waals surface area contributed by atoms with Crippen LogP contribution in [0, 0.1) is 0 Å². The molecule has 0 aliphatic carbocycles. The summed E-state index contributed by atoms with van der Waals surface area (Å²) >= 11 is 0. The fourth-order valence-electron chi connectivity index (χ4n) is 0.322. The lowest BCUT2D eigenvalue weighted by molar-refractivity contribution is 0.483. The molecule has 3 nitrogen and oxygen atoms in total. The van der Waals surface area contributed by atoms with Crippen LogP contribution >= 0.6 is 0 Å². The summed E-state index contributed by atoms with van der Waals surface area (Å²) in [6, 6.07) is 0. The summed E-state index contributed by atoms with van der Waals surface area (Å²) in [4.78, 5) is 0. The number of hydrogen-bond acceptors (Lipinski definition) is 3. The molecule has 7 heavy (non-hydrogen) atoms. The first kappa shape index (κ1) is 6.88. The van der Waals surface area contributed by atoms with Crippen LogP contribution in [0.3, 0.4) is 0 Å². The van der Waals surface area contributed by atoms with Crippen LogP contribution in [0.5, 0.6) is 0 Å². The van der Waals surface area contributed by atoms with E-state index in [0.717, 1.165) is 6.54 Å². The van der Waals surface area contributed by atoms with Crippen molar-refractivity contribution in [1.82, 2.24) is 10.6 Å². The molecule has 0 radical (unpaired) electrons. The SMILES string of the molecule is CCNC(N)NC. The Morgan fingerprint density at radius 2 is 2.29 bits per heavy atom. The largest absolute Gasteiger partial charge is 0.304 e. The monoisotopic (exact) mass is 103 g/mol. The highest BCUT2D eigenvalue weighted by Crippen LogP contribution is 1.55. The molecule has 0 rings (SSSR count). The van der Waals surface area contributed by atoms with E-state index in [1.165, 1.54) is 0 Å². The van der Waals surface area contributed by atoms with Gasteiger partial charge in [-0.2, -0.15) is 0 Å². The molecule has 0 saturated heterocycles. The molecule has 44 valence electrons. The minimum absolute atomic E-state index is 0.0509. The van der Waals surface area contributed by atoms with E-state index in [1.807, 2.05) is 14.0 Å². The average Bonchev–Trinajstić information content (AvgIpc) is 1.68. The molecular formula is C4H13N3. The van der Waals surface area contributed by atoms with Gasteiger partial charge in [0.05, 0.1) is 0 Å². The van der Waals surface area contributed by atoms with Crippen LogP contribution in [-0.2, 0) is 0 Å². The van der Waals surface area contributed by atoms with Crippen molar-refractivity contribution in [1.29, 1.82) is 0 Å². The lowest BCUT2D eigenvalue weighted by Gasteiger charge is -2.08. The average molecular weight is 103 g/mol. The van der Waals surface area contributed by atoms with Gasteiger partial charge in [0.15, 0.2) is 0 Å². The van der Waals surface area contributed by atoms with Crippen LogP contribution in [0.15, 0.2) is 0 Å². The van der Waals surface area contributed by atoms with Gasteiger partial charge in [-0.1, -0.05) is 6.92 Å². The van der Waals surface area contributed by atoms with Gasteiger partial charge in [0.1, 0.15) is 6.29 Å². The maximum absolute atomic E-state index is 5.36. The standard InChI is InChI=1S/C4H13N3/c1-3-7-4(5)6-2/h4,6-7H,3,5H2,1-2H3. The lowest BCUT2D eigenvalue weighted by Crippen LogP contribution is -2.47. The summed E-state index contributed by atoms with van der Waals surface area (Å²) in [6.07, 6.45) is -0.0509. The van der Waals surface area contributed by atoms with E-state index < -0.39 is 0 Å². The summed E-state index contributed by atoms with van der Waals surface area (Å²) in [6.45, 7) is 2.92. The number of hydrogen-bond donors (Lipinski definition) is 3. The third kappa shape index (κ3) is 3.72. The maximum atomic E-state index is 5.36. The molecular weight excluding hydrogens is 90.1 g/mol. The number of rotatable bonds is 3. The Morgan fingerprint density at radius 3 is 2.43 bits per heavy atom. The first-order valence-corrected chi connectivity index (χ1v) is 2.47. The highest BCUT2D eigenvalue weighted by Gasteiger charge is 1.88. The Balaban J connectivity index is 2.83. The highest BCUT2D eigenvalue weighted by atomic mass is 15.2. The minimum Gasteiger partial charge on any atom is -0.304 e. The minimum atomic E-state index is -0.0509. The van der Waals surface area contributed by atoms with Crippen molar-refractivity contribution in [3.05, 3.63) is 0 Å². The summed E-state index contributed by atoms with van der Waals surface area (Å²) in [5.41, 5.74) is 5.36. The van der Waals surface area contributed by atoms with Crippen molar-refractivity contribution in [3.8, 4) is 0 Å². The maximum Gasteiger partial charge on any atom is 0.109 e. The van der Waals surface area contributed by atoms with Crippen molar-refractivity contribution in [3.63, 3.8) is 0 Å². The van der Waals surface area contributed by atoms with Gasteiger partial charge in [-0.25, -0.2) is 0 Å². The number of nitrogens with two attached hydrogens (primary N) is 1.